The first-order chi connectivity index (χ1) is 17.6. The third kappa shape index (κ3) is 3.88. The van der Waals surface area contributed by atoms with Gasteiger partial charge >= 0.3 is 0 Å². The molecule has 0 aliphatic rings. The lowest BCUT2D eigenvalue weighted by Gasteiger charge is -2.06. The predicted molar refractivity (Wildman–Crippen MR) is 139 cm³/mol. The van der Waals surface area contributed by atoms with E-state index in [4.69, 9.17) is 4.98 Å². The number of aromatic nitrogens is 5. The standard InChI is InChI=1S/C28H21FN6O/c1-2-25(36)31-20-12-18(14-30-15-20)16-9-10-23-22(13-16)27(35-34-23)28-32-24-8-4-7-21(26(24)33-28)17-5-3-6-19(29)11-17/h3-15H,2H2,1H3,(H,31,36)(H,32,33)(H,34,35). The Morgan fingerprint density at radius 1 is 0.944 bits per heavy atom. The summed E-state index contributed by atoms with van der Waals surface area (Å²) >= 11 is 0. The van der Waals surface area contributed by atoms with Gasteiger partial charge < -0.3 is 10.3 Å². The minimum absolute atomic E-state index is 0.0657. The van der Waals surface area contributed by atoms with Crippen LogP contribution in [-0.4, -0.2) is 31.1 Å². The molecule has 0 atom stereocenters. The van der Waals surface area contributed by atoms with Crippen molar-refractivity contribution in [2.75, 3.05) is 5.32 Å². The van der Waals surface area contributed by atoms with Crippen LogP contribution in [0.1, 0.15) is 13.3 Å². The van der Waals surface area contributed by atoms with Crippen LogP contribution in [-0.2, 0) is 4.79 Å². The summed E-state index contributed by atoms with van der Waals surface area (Å²) in [5.41, 5.74) is 7.17. The molecule has 0 spiro atoms. The summed E-state index contributed by atoms with van der Waals surface area (Å²) in [6.07, 6.45) is 3.78. The van der Waals surface area contributed by atoms with Crippen molar-refractivity contribution in [2.24, 2.45) is 0 Å². The molecule has 0 aliphatic carbocycles. The number of para-hydroxylation sites is 1. The zero-order valence-corrected chi connectivity index (χ0v) is 19.3. The molecule has 0 aliphatic heterocycles. The van der Waals surface area contributed by atoms with Crippen LogP contribution in [0.2, 0.25) is 0 Å². The van der Waals surface area contributed by atoms with Crippen molar-refractivity contribution in [1.82, 2.24) is 25.1 Å². The summed E-state index contributed by atoms with van der Waals surface area (Å²) in [4.78, 5) is 24.3. The Morgan fingerprint density at radius 2 is 1.83 bits per heavy atom. The highest BCUT2D eigenvalue weighted by Gasteiger charge is 2.16. The molecule has 0 saturated heterocycles. The SMILES string of the molecule is CCC(=O)Nc1cncc(-c2ccc3[nH]nc(-c4nc5c(-c6cccc(F)c6)cccc5[nH]4)c3c2)c1. The number of benzene rings is 3. The summed E-state index contributed by atoms with van der Waals surface area (Å²) in [5.74, 6) is 0.252. The molecule has 0 fully saturated rings. The molecule has 3 heterocycles. The van der Waals surface area contributed by atoms with Crippen molar-refractivity contribution in [1.29, 1.82) is 0 Å². The molecule has 176 valence electrons. The van der Waals surface area contributed by atoms with Crippen LogP contribution in [0.4, 0.5) is 10.1 Å². The van der Waals surface area contributed by atoms with Gasteiger partial charge in [0.25, 0.3) is 0 Å². The van der Waals surface area contributed by atoms with E-state index in [1.807, 2.05) is 48.5 Å². The molecule has 3 N–H and O–H groups in total. The van der Waals surface area contributed by atoms with E-state index in [9.17, 15) is 9.18 Å². The highest BCUT2D eigenvalue weighted by atomic mass is 19.1. The second kappa shape index (κ2) is 8.74. The summed E-state index contributed by atoms with van der Waals surface area (Å²) in [6.45, 7) is 1.81. The van der Waals surface area contributed by atoms with E-state index in [2.05, 4.69) is 25.5 Å². The molecule has 3 aromatic carbocycles. The number of halogens is 1. The number of amides is 1. The van der Waals surface area contributed by atoms with Crippen molar-refractivity contribution in [3.8, 4) is 33.8 Å². The smallest absolute Gasteiger partial charge is 0.224 e. The van der Waals surface area contributed by atoms with Gasteiger partial charge in [-0.25, -0.2) is 9.37 Å². The Kier molecular flexibility index (Phi) is 5.26. The van der Waals surface area contributed by atoms with E-state index < -0.39 is 0 Å². The number of nitrogens with one attached hydrogen (secondary N) is 3. The highest BCUT2D eigenvalue weighted by Crippen LogP contribution is 2.33. The van der Waals surface area contributed by atoms with Gasteiger partial charge in [0, 0.05) is 29.1 Å². The minimum Gasteiger partial charge on any atom is -0.337 e. The number of pyridine rings is 1. The first-order valence-corrected chi connectivity index (χ1v) is 11.6. The molecule has 0 unspecified atom stereocenters. The lowest BCUT2D eigenvalue weighted by Crippen LogP contribution is -2.09. The number of imidazole rings is 1. The maximum Gasteiger partial charge on any atom is 0.224 e. The molecular weight excluding hydrogens is 455 g/mol. The fourth-order valence-corrected chi connectivity index (χ4v) is 4.32. The van der Waals surface area contributed by atoms with Crippen molar-refractivity contribution in [3.63, 3.8) is 0 Å². The Morgan fingerprint density at radius 3 is 2.69 bits per heavy atom. The molecule has 8 heteroatoms. The molecule has 0 radical (unpaired) electrons. The van der Waals surface area contributed by atoms with Crippen LogP contribution in [0.15, 0.2) is 79.1 Å². The highest BCUT2D eigenvalue weighted by molar-refractivity contribution is 5.98. The number of carbonyl (C=O) groups is 1. The first-order valence-electron chi connectivity index (χ1n) is 11.6. The molecule has 6 rings (SSSR count). The van der Waals surface area contributed by atoms with Crippen molar-refractivity contribution in [2.45, 2.75) is 13.3 Å². The molecule has 3 aromatic heterocycles. The lowest BCUT2D eigenvalue weighted by atomic mass is 10.0. The van der Waals surface area contributed by atoms with E-state index in [0.29, 0.717) is 23.6 Å². The first kappa shape index (κ1) is 21.7. The van der Waals surface area contributed by atoms with Crippen molar-refractivity contribution < 1.29 is 9.18 Å². The summed E-state index contributed by atoms with van der Waals surface area (Å²) in [6, 6.07) is 20.1. The minimum atomic E-state index is -0.293. The average molecular weight is 477 g/mol. The van der Waals surface area contributed by atoms with Gasteiger partial charge in [-0.3, -0.25) is 14.9 Å². The van der Waals surface area contributed by atoms with Gasteiger partial charge in [-0.15, -0.1) is 0 Å². The molecule has 6 aromatic rings. The third-order valence-electron chi connectivity index (χ3n) is 6.11. The second-order valence-corrected chi connectivity index (χ2v) is 8.49. The molecular formula is C28H21FN6O. The lowest BCUT2D eigenvalue weighted by molar-refractivity contribution is -0.115. The maximum absolute atomic E-state index is 13.9. The van der Waals surface area contributed by atoms with Crippen LogP contribution >= 0.6 is 0 Å². The quantitative estimate of drug-likeness (QED) is 0.271. The predicted octanol–water partition coefficient (Wildman–Crippen LogP) is 6.32. The summed E-state index contributed by atoms with van der Waals surface area (Å²) in [7, 11) is 0. The average Bonchev–Trinajstić information content (AvgIpc) is 3.52. The van der Waals surface area contributed by atoms with Gasteiger partial charge in [-0.1, -0.05) is 37.3 Å². The number of nitrogens with zero attached hydrogens (tertiary/aromatic N) is 3. The van der Waals surface area contributed by atoms with E-state index >= 15 is 0 Å². The van der Waals surface area contributed by atoms with Crippen LogP contribution in [0.5, 0.6) is 0 Å². The monoisotopic (exact) mass is 476 g/mol. The van der Waals surface area contributed by atoms with Gasteiger partial charge in [0.1, 0.15) is 11.5 Å². The Labute approximate surface area is 205 Å². The summed E-state index contributed by atoms with van der Waals surface area (Å²) in [5, 5.41) is 11.3. The fraction of sp³-hybridized carbons (Fsp3) is 0.0714. The van der Waals surface area contributed by atoms with Gasteiger partial charge in [-0.2, -0.15) is 5.10 Å². The van der Waals surface area contributed by atoms with Gasteiger partial charge in [0.15, 0.2) is 5.82 Å². The third-order valence-corrected chi connectivity index (χ3v) is 6.11. The maximum atomic E-state index is 13.9. The van der Waals surface area contributed by atoms with Crippen LogP contribution in [0.25, 0.3) is 55.7 Å². The number of hydrogen-bond acceptors (Lipinski definition) is 4. The number of aromatic amines is 2. The molecule has 0 saturated carbocycles. The topological polar surface area (TPSA) is 99.3 Å². The summed E-state index contributed by atoms with van der Waals surface area (Å²) < 4.78 is 13.9. The normalized spacial score (nSPS) is 11.3. The van der Waals surface area contributed by atoms with Gasteiger partial charge in [-0.05, 0) is 47.5 Å². The zero-order valence-electron chi connectivity index (χ0n) is 19.3. The second-order valence-electron chi connectivity index (χ2n) is 8.49. The number of H-pyrrole nitrogens is 2. The molecule has 7 nitrogen and oxygen atoms in total. The van der Waals surface area contributed by atoms with Crippen LogP contribution in [0.3, 0.4) is 0 Å². The Balaban J connectivity index is 1.43. The van der Waals surface area contributed by atoms with Gasteiger partial charge in [0.2, 0.25) is 5.91 Å². The largest absolute Gasteiger partial charge is 0.337 e. The Bertz CT molecular complexity index is 1750. The molecule has 36 heavy (non-hydrogen) atoms. The Hall–Kier alpha value is -4.85. The van der Waals surface area contributed by atoms with E-state index in [1.165, 1.54) is 12.1 Å². The number of carbonyl (C=O) groups excluding carboxylic acids is 1. The van der Waals surface area contributed by atoms with Crippen molar-refractivity contribution in [3.05, 3.63) is 84.9 Å². The molecule has 0 bridgehead atoms. The number of rotatable bonds is 5. The number of anilines is 1. The van der Waals surface area contributed by atoms with Crippen LogP contribution in [0, 0.1) is 5.82 Å². The molecule has 1 amide bonds. The van der Waals surface area contributed by atoms with Crippen LogP contribution < -0.4 is 5.32 Å². The number of hydrogen-bond donors (Lipinski definition) is 3. The van der Waals surface area contributed by atoms with E-state index in [1.54, 1.807) is 25.4 Å². The van der Waals surface area contributed by atoms with Gasteiger partial charge in [0.05, 0.1) is 28.4 Å². The van der Waals surface area contributed by atoms with E-state index in [0.717, 1.165) is 44.2 Å². The zero-order chi connectivity index (χ0) is 24.6. The van der Waals surface area contributed by atoms with Crippen molar-refractivity contribution >= 4 is 33.5 Å². The van der Waals surface area contributed by atoms with E-state index in [-0.39, 0.29) is 11.7 Å². The fourth-order valence-electron chi connectivity index (χ4n) is 4.32. The number of fused-ring (bicyclic) bond motifs is 2.